The number of thiazole rings is 1. The van der Waals surface area contributed by atoms with E-state index in [-0.39, 0.29) is 5.78 Å². The van der Waals surface area contributed by atoms with Crippen LogP contribution in [0.2, 0.25) is 0 Å². The van der Waals surface area contributed by atoms with Gasteiger partial charge in [0.25, 0.3) is 0 Å². The summed E-state index contributed by atoms with van der Waals surface area (Å²) in [5.41, 5.74) is 0. The van der Waals surface area contributed by atoms with Crippen LogP contribution in [0.5, 0.6) is 0 Å². The minimum absolute atomic E-state index is 0.0724. The highest BCUT2D eigenvalue weighted by molar-refractivity contribution is 9.11. The normalized spacial score (nSPS) is 9.80. The molecule has 0 saturated carbocycles. The number of hydrogen-bond donors (Lipinski definition) is 0. The molecule has 0 aliphatic carbocycles. The molecule has 0 N–H and O–H groups in total. The summed E-state index contributed by atoms with van der Waals surface area (Å²) < 4.78 is 0.747. The van der Waals surface area contributed by atoms with Gasteiger partial charge in [-0.2, -0.15) is 0 Å². The zero-order valence-electron chi connectivity index (χ0n) is 4.80. The number of alkyl halides is 1. The third-order valence-corrected chi connectivity index (χ3v) is 2.90. The van der Waals surface area contributed by atoms with Crippen molar-refractivity contribution in [2.45, 2.75) is 0 Å². The monoisotopic (exact) mass is 283 g/mol. The fourth-order valence-corrected chi connectivity index (χ4v) is 2.14. The van der Waals surface area contributed by atoms with Crippen LogP contribution in [0.3, 0.4) is 0 Å². The molecule has 10 heavy (non-hydrogen) atoms. The maximum atomic E-state index is 10.9. The van der Waals surface area contributed by atoms with Gasteiger partial charge in [-0.1, -0.05) is 15.9 Å². The van der Waals surface area contributed by atoms with Crippen LogP contribution in [-0.2, 0) is 0 Å². The molecule has 0 amide bonds. The van der Waals surface area contributed by atoms with Crippen molar-refractivity contribution in [2.24, 2.45) is 0 Å². The highest BCUT2D eigenvalue weighted by Crippen LogP contribution is 2.19. The summed E-state index contributed by atoms with van der Waals surface area (Å²) in [5, 5.41) is 0.363. The Balaban J connectivity index is 2.85. The van der Waals surface area contributed by atoms with E-state index in [2.05, 4.69) is 36.8 Å². The average Bonchev–Trinajstić information content (AvgIpc) is 2.34. The van der Waals surface area contributed by atoms with Gasteiger partial charge in [-0.25, -0.2) is 4.98 Å². The summed E-state index contributed by atoms with van der Waals surface area (Å²) in [6.07, 6.45) is 1.57. The lowest BCUT2D eigenvalue weighted by atomic mass is 10.4. The first kappa shape index (κ1) is 8.36. The maximum absolute atomic E-state index is 10.9. The Kier molecular flexibility index (Phi) is 3.00. The van der Waals surface area contributed by atoms with Crippen molar-refractivity contribution in [1.29, 1.82) is 0 Å². The average molecular weight is 285 g/mol. The van der Waals surface area contributed by atoms with E-state index in [1.165, 1.54) is 11.3 Å². The molecule has 1 rings (SSSR count). The third kappa shape index (κ3) is 1.87. The summed E-state index contributed by atoms with van der Waals surface area (Å²) in [5.74, 6) is 0.0724. The van der Waals surface area contributed by atoms with Gasteiger partial charge in [-0.15, -0.1) is 11.3 Å². The van der Waals surface area contributed by atoms with E-state index < -0.39 is 0 Å². The minimum Gasteiger partial charge on any atom is -0.292 e. The van der Waals surface area contributed by atoms with Crippen molar-refractivity contribution in [3.8, 4) is 0 Å². The van der Waals surface area contributed by atoms with Crippen LogP contribution in [0.4, 0.5) is 0 Å². The molecule has 0 bridgehead atoms. The molecule has 2 nitrogen and oxygen atoms in total. The maximum Gasteiger partial charge on any atom is 0.184 e. The molecule has 0 aliphatic rings. The number of hydrogen-bond acceptors (Lipinski definition) is 3. The summed E-state index contributed by atoms with van der Waals surface area (Å²) in [4.78, 5) is 15.5. The van der Waals surface area contributed by atoms with E-state index in [1.807, 2.05) is 0 Å². The van der Waals surface area contributed by atoms with E-state index >= 15 is 0 Å². The Morgan fingerprint density at radius 1 is 1.80 bits per heavy atom. The zero-order chi connectivity index (χ0) is 7.56. The van der Waals surface area contributed by atoms with Crippen molar-refractivity contribution in [1.82, 2.24) is 4.98 Å². The van der Waals surface area contributed by atoms with Crippen molar-refractivity contribution in [3.05, 3.63) is 15.0 Å². The smallest absolute Gasteiger partial charge is 0.184 e. The Morgan fingerprint density at radius 2 is 2.50 bits per heavy atom. The SMILES string of the molecule is O=C(CBr)c1cnc(Br)s1. The molecule has 0 aromatic carbocycles. The van der Waals surface area contributed by atoms with E-state index in [1.54, 1.807) is 6.20 Å². The molecule has 0 spiro atoms. The molecule has 1 aromatic heterocycles. The predicted octanol–water partition coefficient (Wildman–Crippen LogP) is 2.48. The Hall–Kier alpha value is 0.260. The largest absolute Gasteiger partial charge is 0.292 e. The summed E-state index contributed by atoms with van der Waals surface area (Å²) in [6.45, 7) is 0. The highest BCUT2D eigenvalue weighted by Gasteiger charge is 2.06. The summed E-state index contributed by atoms with van der Waals surface area (Å²) in [6, 6.07) is 0. The second kappa shape index (κ2) is 3.59. The van der Waals surface area contributed by atoms with Crippen LogP contribution in [0.25, 0.3) is 0 Å². The number of nitrogens with zero attached hydrogens (tertiary/aromatic N) is 1. The first-order valence-electron chi connectivity index (χ1n) is 2.44. The van der Waals surface area contributed by atoms with Gasteiger partial charge in [0, 0.05) is 0 Å². The number of carbonyl (C=O) groups is 1. The van der Waals surface area contributed by atoms with Crippen LogP contribution in [0.15, 0.2) is 10.1 Å². The predicted molar refractivity (Wildman–Crippen MR) is 47.9 cm³/mol. The number of aromatic nitrogens is 1. The Labute approximate surface area is 78.9 Å². The first-order valence-corrected chi connectivity index (χ1v) is 5.17. The fraction of sp³-hybridized carbons (Fsp3) is 0.200. The molecule has 5 heteroatoms. The summed E-state index contributed by atoms with van der Waals surface area (Å²) >= 11 is 7.59. The van der Waals surface area contributed by atoms with Gasteiger partial charge in [0.2, 0.25) is 0 Å². The molecule has 1 aromatic rings. The minimum atomic E-state index is 0.0724. The van der Waals surface area contributed by atoms with Crippen molar-refractivity contribution < 1.29 is 4.79 Å². The molecule has 54 valence electrons. The number of ketones is 1. The molecule has 0 saturated heterocycles. The van der Waals surface area contributed by atoms with E-state index in [9.17, 15) is 4.79 Å². The van der Waals surface area contributed by atoms with Crippen molar-refractivity contribution >= 4 is 49.0 Å². The van der Waals surface area contributed by atoms with Gasteiger partial charge < -0.3 is 0 Å². The second-order valence-corrected chi connectivity index (χ2v) is 4.40. The standard InChI is InChI=1S/C5H3Br2NOS/c6-1-3(9)4-2-8-5(7)10-4/h2H,1H2. The molecule has 0 atom stereocenters. The van der Waals surface area contributed by atoms with E-state index in [0.717, 1.165) is 3.92 Å². The van der Waals surface area contributed by atoms with Gasteiger partial charge >= 0.3 is 0 Å². The van der Waals surface area contributed by atoms with Gasteiger partial charge in [-0.3, -0.25) is 4.79 Å². The van der Waals surface area contributed by atoms with Crippen LogP contribution < -0.4 is 0 Å². The lowest BCUT2D eigenvalue weighted by Crippen LogP contribution is -1.94. The molecular formula is C5H3Br2NOS. The highest BCUT2D eigenvalue weighted by atomic mass is 79.9. The number of Topliss-reactive ketones (excluding diaryl/α,β-unsaturated/α-hetero) is 1. The second-order valence-electron chi connectivity index (χ2n) is 1.53. The van der Waals surface area contributed by atoms with Gasteiger partial charge in [0.1, 0.15) is 0 Å². The van der Waals surface area contributed by atoms with Crippen LogP contribution in [-0.4, -0.2) is 16.1 Å². The Bertz CT molecular complexity index is 248. The molecule has 0 fully saturated rings. The molecule has 0 unspecified atom stereocenters. The van der Waals surface area contributed by atoms with Gasteiger partial charge in [0.15, 0.2) is 9.70 Å². The van der Waals surface area contributed by atoms with Crippen LogP contribution in [0, 0.1) is 0 Å². The number of carbonyl (C=O) groups excluding carboxylic acids is 1. The molecule has 1 heterocycles. The molecule has 0 radical (unpaired) electrons. The van der Waals surface area contributed by atoms with Crippen molar-refractivity contribution in [2.75, 3.05) is 5.33 Å². The number of halogens is 2. The van der Waals surface area contributed by atoms with Crippen molar-refractivity contribution in [3.63, 3.8) is 0 Å². The molecule has 0 aliphatic heterocycles. The van der Waals surface area contributed by atoms with Gasteiger partial charge in [0.05, 0.1) is 16.4 Å². The fourth-order valence-electron chi connectivity index (χ4n) is 0.448. The topological polar surface area (TPSA) is 30.0 Å². The van der Waals surface area contributed by atoms with E-state index in [4.69, 9.17) is 0 Å². The third-order valence-electron chi connectivity index (χ3n) is 0.874. The first-order chi connectivity index (χ1) is 4.74. The lowest BCUT2D eigenvalue weighted by molar-refractivity contribution is 0.102. The van der Waals surface area contributed by atoms with Crippen LogP contribution >= 0.6 is 43.2 Å². The summed E-state index contributed by atoms with van der Waals surface area (Å²) in [7, 11) is 0. The van der Waals surface area contributed by atoms with Crippen LogP contribution in [0.1, 0.15) is 9.67 Å². The lowest BCUT2D eigenvalue weighted by Gasteiger charge is -1.84. The quantitative estimate of drug-likeness (QED) is 0.617. The Morgan fingerprint density at radius 3 is 2.90 bits per heavy atom. The zero-order valence-corrected chi connectivity index (χ0v) is 8.79. The molecular weight excluding hydrogens is 282 g/mol. The van der Waals surface area contributed by atoms with Gasteiger partial charge in [-0.05, 0) is 15.9 Å². The number of rotatable bonds is 2. The van der Waals surface area contributed by atoms with E-state index in [0.29, 0.717) is 10.2 Å².